The van der Waals surface area contributed by atoms with Gasteiger partial charge in [0.15, 0.2) is 0 Å². The Hall–Kier alpha value is -0.570. The summed E-state index contributed by atoms with van der Waals surface area (Å²) in [5, 5.41) is 11.7. The van der Waals surface area contributed by atoms with Crippen LogP contribution in [-0.4, -0.2) is 24.2 Å². The van der Waals surface area contributed by atoms with Crippen LogP contribution in [-0.2, 0) is 4.79 Å². The molecular formula is C7H13NO2. The third kappa shape index (κ3) is 1.29. The van der Waals surface area contributed by atoms with Crippen LogP contribution in [0.3, 0.4) is 0 Å². The third-order valence-corrected chi connectivity index (χ3v) is 2.18. The maximum atomic E-state index is 10.5. The Morgan fingerprint density at radius 2 is 2.40 bits per heavy atom. The highest BCUT2D eigenvalue weighted by molar-refractivity contribution is 5.71. The number of hydrogen-bond acceptors (Lipinski definition) is 2. The maximum absolute atomic E-state index is 10.5. The molecule has 0 unspecified atom stereocenters. The van der Waals surface area contributed by atoms with Crippen LogP contribution in [0.15, 0.2) is 0 Å². The van der Waals surface area contributed by atoms with Crippen molar-refractivity contribution in [3.05, 3.63) is 0 Å². The summed E-state index contributed by atoms with van der Waals surface area (Å²) < 4.78 is 0. The summed E-state index contributed by atoms with van der Waals surface area (Å²) in [7, 11) is 0. The fourth-order valence-corrected chi connectivity index (χ4v) is 1.45. The normalized spacial score (nSPS) is 32.5. The number of carboxylic acid groups (broad SMARTS) is 1. The van der Waals surface area contributed by atoms with Gasteiger partial charge in [-0.3, -0.25) is 4.79 Å². The Bertz CT molecular complexity index is 136. The lowest BCUT2D eigenvalue weighted by Crippen LogP contribution is -2.21. The van der Waals surface area contributed by atoms with Gasteiger partial charge < -0.3 is 10.4 Å². The van der Waals surface area contributed by atoms with Crippen LogP contribution in [0.2, 0.25) is 0 Å². The Morgan fingerprint density at radius 3 is 2.80 bits per heavy atom. The molecule has 1 fully saturated rings. The van der Waals surface area contributed by atoms with E-state index >= 15 is 0 Å². The molecule has 0 saturated carbocycles. The number of rotatable bonds is 2. The summed E-state index contributed by atoms with van der Waals surface area (Å²) in [6.45, 7) is 3.55. The lowest BCUT2D eigenvalue weighted by atomic mass is 9.94. The highest BCUT2D eigenvalue weighted by Crippen LogP contribution is 2.19. The fourth-order valence-electron chi connectivity index (χ4n) is 1.45. The molecule has 10 heavy (non-hydrogen) atoms. The molecule has 2 N–H and O–H groups in total. The first-order valence-electron chi connectivity index (χ1n) is 3.69. The predicted octanol–water partition coefficient (Wildman–Crippen LogP) is 0.317. The number of hydrogen-bond donors (Lipinski definition) is 2. The second kappa shape index (κ2) is 3.01. The van der Waals surface area contributed by atoms with Gasteiger partial charge in [0.05, 0.1) is 5.92 Å². The summed E-state index contributed by atoms with van der Waals surface area (Å²) in [6, 6.07) is 0. The Balaban J connectivity index is 2.50. The molecule has 2 atom stereocenters. The number of carboxylic acids is 1. The van der Waals surface area contributed by atoms with E-state index in [0.717, 1.165) is 13.0 Å². The van der Waals surface area contributed by atoms with E-state index in [4.69, 9.17) is 5.11 Å². The minimum atomic E-state index is -0.656. The lowest BCUT2D eigenvalue weighted by molar-refractivity contribution is -0.142. The Morgan fingerprint density at radius 1 is 1.70 bits per heavy atom. The van der Waals surface area contributed by atoms with Gasteiger partial charge >= 0.3 is 5.97 Å². The zero-order valence-corrected chi connectivity index (χ0v) is 6.13. The molecule has 1 aliphatic heterocycles. The molecule has 0 radical (unpaired) electrons. The van der Waals surface area contributed by atoms with Crippen LogP contribution < -0.4 is 5.32 Å². The van der Waals surface area contributed by atoms with Gasteiger partial charge in [-0.05, 0) is 12.5 Å². The van der Waals surface area contributed by atoms with Crippen molar-refractivity contribution in [3.8, 4) is 0 Å². The van der Waals surface area contributed by atoms with Crippen LogP contribution in [0, 0.1) is 11.8 Å². The molecule has 3 heteroatoms. The molecule has 0 aromatic rings. The van der Waals surface area contributed by atoms with Crippen molar-refractivity contribution in [2.45, 2.75) is 13.3 Å². The van der Waals surface area contributed by atoms with Crippen molar-refractivity contribution in [2.24, 2.45) is 11.8 Å². The van der Waals surface area contributed by atoms with Gasteiger partial charge in [-0.25, -0.2) is 0 Å². The number of nitrogens with one attached hydrogen (secondary N) is 1. The predicted molar refractivity (Wildman–Crippen MR) is 37.8 cm³/mol. The summed E-state index contributed by atoms with van der Waals surface area (Å²) >= 11 is 0. The van der Waals surface area contributed by atoms with Crippen molar-refractivity contribution >= 4 is 5.97 Å². The molecule has 0 spiro atoms. The molecule has 1 saturated heterocycles. The quantitative estimate of drug-likeness (QED) is 0.585. The number of carbonyl (C=O) groups is 1. The highest BCUT2D eigenvalue weighted by atomic mass is 16.4. The second-order valence-corrected chi connectivity index (χ2v) is 2.77. The zero-order valence-electron chi connectivity index (χ0n) is 6.13. The second-order valence-electron chi connectivity index (χ2n) is 2.77. The van der Waals surface area contributed by atoms with E-state index in [1.807, 2.05) is 6.92 Å². The molecule has 0 bridgehead atoms. The average Bonchev–Trinajstić information content (AvgIpc) is 2.33. The molecule has 0 aromatic carbocycles. The molecule has 0 amide bonds. The van der Waals surface area contributed by atoms with Gasteiger partial charge in [0, 0.05) is 6.54 Å². The van der Waals surface area contributed by atoms with E-state index in [9.17, 15) is 4.79 Å². The average molecular weight is 143 g/mol. The number of aliphatic carboxylic acids is 1. The lowest BCUT2D eigenvalue weighted by Gasteiger charge is -2.10. The fraction of sp³-hybridized carbons (Fsp3) is 0.857. The minimum absolute atomic E-state index is 0.148. The van der Waals surface area contributed by atoms with Crippen LogP contribution in [0.5, 0.6) is 0 Å². The SMILES string of the molecule is CC[C@H]1CNC[C@@H]1C(=O)O. The third-order valence-electron chi connectivity index (χ3n) is 2.18. The van der Waals surface area contributed by atoms with Gasteiger partial charge in [0.25, 0.3) is 0 Å². The molecule has 58 valence electrons. The monoisotopic (exact) mass is 143 g/mol. The first-order valence-corrected chi connectivity index (χ1v) is 3.69. The maximum Gasteiger partial charge on any atom is 0.308 e. The topological polar surface area (TPSA) is 49.3 Å². The van der Waals surface area contributed by atoms with Gasteiger partial charge in [0.1, 0.15) is 0 Å². The van der Waals surface area contributed by atoms with Gasteiger partial charge in [-0.15, -0.1) is 0 Å². The van der Waals surface area contributed by atoms with Crippen LogP contribution >= 0.6 is 0 Å². The van der Waals surface area contributed by atoms with E-state index < -0.39 is 5.97 Å². The first-order chi connectivity index (χ1) is 4.75. The largest absolute Gasteiger partial charge is 0.481 e. The van der Waals surface area contributed by atoms with E-state index in [1.54, 1.807) is 0 Å². The zero-order chi connectivity index (χ0) is 7.56. The van der Waals surface area contributed by atoms with Gasteiger partial charge in [0.2, 0.25) is 0 Å². The standard InChI is InChI=1S/C7H13NO2/c1-2-5-3-8-4-6(5)7(9)10/h5-6,8H,2-4H2,1H3,(H,9,10)/t5-,6-/m0/s1. The highest BCUT2D eigenvalue weighted by Gasteiger charge is 2.30. The van der Waals surface area contributed by atoms with Gasteiger partial charge in [-0.1, -0.05) is 13.3 Å². The Kier molecular flexibility index (Phi) is 2.27. The molecule has 0 aromatic heterocycles. The van der Waals surface area contributed by atoms with E-state index in [-0.39, 0.29) is 5.92 Å². The molecule has 1 heterocycles. The molecule has 3 nitrogen and oxygen atoms in total. The van der Waals surface area contributed by atoms with Crippen LogP contribution in [0.1, 0.15) is 13.3 Å². The smallest absolute Gasteiger partial charge is 0.308 e. The van der Waals surface area contributed by atoms with Crippen LogP contribution in [0.25, 0.3) is 0 Å². The van der Waals surface area contributed by atoms with Gasteiger partial charge in [-0.2, -0.15) is 0 Å². The molecule has 1 aliphatic rings. The van der Waals surface area contributed by atoms with E-state index in [0.29, 0.717) is 12.5 Å². The van der Waals surface area contributed by atoms with Crippen molar-refractivity contribution in [1.29, 1.82) is 0 Å². The van der Waals surface area contributed by atoms with Crippen molar-refractivity contribution in [2.75, 3.05) is 13.1 Å². The molecule has 1 rings (SSSR count). The van der Waals surface area contributed by atoms with E-state index in [2.05, 4.69) is 5.32 Å². The van der Waals surface area contributed by atoms with Crippen LogP contribution in [0.4, 0.5) is 0 Å². The minimum Gasteiger partial charge on any atom is -0.481 e. The molecule has 0 aliphatic carbocycles. The summed E-state index contributed by atoms with van der Waals surface area (Å²) in [5.41, 5.74) is 0. The van der Waals surface area contributed by atoms with Crippen molar-refractivity contribution in [3.63, 3.8) is 0 Å². The summed E-state index contributed by atoms with van der Waals surface area (Å²) in [4.78, 5) is 10.5. The van der Waals surface area contributed by atoms with Crippen molar-refractivity contribution in [1.82, 2.24) is 5.32 Å². The summed E-state index contributed by atoms with van der Waals surface area (Å²) in [6.07, 6.45) is 0.962. The Labute approximate surface area is 60.4 Å². The van der Waals surface area contributed by atoms with E-state index in [1.165, 1.54) is 0 Å². The van der Waals surface area contributed by atoms with Crippen molar-refractivity contribution < 1.29 is 9.90 Å². The molecular weight excluding hydrogens is 130 g/mol. The summed E-state index contributed by atoms with van der Waals surface area (Å²) in [5.74, 6) is -0.459. The first kappa shape index (κ1) is 7.54.